The van der Waals surface area contributed by atoms with Gasteiger partial charge in [0, 0.05) is 34.1 Å². The zero-order chi connectivity index (χ0) is 15.1. The summed E-state index contributed by atoms with van der Waals surface area (Å²) >= 11 is 3.34. The Bertz CT molecular complexity index is 708. The van der Waals surface area contributed by atoms with E-state index in [-0.39, 0.29) is 18.0 Å². The topological polar surface area (TPSA) is 35.2 Å². The average Bonchev–Trinajstić information content (AvgIpc) is 2.43. The highest BCUT2D eigenvalue weighted by molar-refractivity contribution is 9.10. The lowest BCUT2D eigenvalue weighted by Crippen LogP contribution is -2.25. The standard InChI is InChI=1S/C15H11BrF3NO/c16-7-1-2-14-9(3-7)13(20)6-15(21-14)8-4-11(18)12(19)5-10(8)17/h1-5,13,15H,6,20H2. The van der Waals surface area contributed by atoms with E-state index in [0.29, 0.717) is 11.8 Å². The maximum atomic E-state index is 13.8. The lowest BCUT2D eigenvalue weighted by Gasteiger charge is -2.31. The van der Waals surface area contributed by atoms with Gasteiger partial charge in [0.05, 0.1) is 0 Å². The minimum absolute atomic E-state index is 0.0297. The van der Waals surface area contributed by atoms with Gasteiger partial charge in [-0.1, -0.05) is 15.9 Å². The van der Waals surface area contributed by atoms with E-state index in [4.69, 9.17) is 10.5 Å². The number of ether oxygens (including phenoxy) is 1. The fraction of sp³-hybridized carbons (Fsp3) is 0.200. The molecule has 2 N–H and O–H groups in total. The molecule has 1 aliphatic rings. The van der Waals surface area contributed by atoms with Crippen molar-refractivity contribution >= 4 is 15.9 Å². The SMILES string of the molecule is NC1CC(c2cc(F)c(F)cc2F)Oc2ccc(Br)cc21. The van der Waals surface area contributed by atoms with E-state index in [1.165, 1.54) is 0 Å². The van der Waals surface area contributed by atoms with Crippen molar-refractivity contribution in [2.75, 3.05) is 0 Å². The first-order chi connectivity index (χ1) is 9.95. The van der Waals surface area contributed by atoms with Crippen molar-refractivity contribution in [2.45, 2.75) is 18.6 Å². The fourth-order valence-corrected chi connectivity index (χ4v) is 2.83. The summed E-state index contributed by atoms with van der Waals surface area (Å²) in [6.45, 7) is 0. The zero-order valence-corrected chi connectivity index (χ0v) is 12.3. The third kappa shape index (κ3) is 2.65. The van der Waals surface area contributed by atoms with Gasteiger partial charge in [-0.3, -0.25) is 0 Å². The molecule has 3 rings (SSSR count). The molecule has 6 heteroatoms. The molecule has 0 bridgehead atoms. The van der Waals surface area contributed by atoms with Crippen molar-refractivity contribution in [2.24, 2.45) is 5.73 Å². The van der Waals surface area contributed by atoms with Gasteiger partial charge in [0.25, 0.3) is 0 Å². The van der Waals surface area contributed by atoms with Gasteiger partial charge in [0.1, 0.15) is 17.7 Å². The predicted octanol–water partition coefficient (Wildman–Crippen LogP) is 4.39. The van der Waals surface area contributed by atoms with Crippen molar-refractivity contribution < 1.29 is 17.9 Å². The molecule has 1 aliphatic heterocycles. The summed E-state index contributed by atoms with van der Waals surface area (Å²) in [7, 11) is 0. The van der Waals surface area contributed by atoms with Crippen LogP contribution in [0.25, 0.3) is 0 Å². The molecule has 0 amide bonds. The van der Waals surface area contributed by atoms with Gasteiger partial charge in [-0.25, -0.2) is 13.2 Å². The summed E-state index contributed by atoms with van der Waals surface area (Å²) in [5, 5.41) is 0. The molecular formula is C15H11BrF3NO. The Morgan fingerprint density at radius 1 is 1.00 bits per heavy atom. The highest BCUT2D eigenvalue weighted by Gasteiger charge is 2.29. The molecule has 0 aromatic heterocycles. The maximum Gasteiger partial charge on any atom is 0.161 e. The molecule has 0 saturated carbocycles. The van der Waals surface area contributed by atoms with Crippen molar-refractivity contribution in [3.8, 4) is 5.75 Å². The van der Waals surface area contributed by atoms with Crippen LogP contribution in [-0.2, 0) is 0 Å². The minimum Gasteiger partial charge on any atom is -0.485 e. The highest BCUT2D eigenvalue weighted by atomic mass is 79.9. The van der Waals surface area contributed by atoms with Crippen LogP contribution in [0.4, 0.5) is 13.2 Å². The van der Waals surface area contributed by atoms with Gasteiger partial charge < -0.3 is 10.5 Å². The van der Waals surface area contributed by atoms with Crippen LogP contribution in [0, 0.1) is 17.5 Å². The van der Waals surface area contributed by atoms with Gasteiger partial charge in [-0.2, -0.15) is 0 Å². The molecule has 2 atom stereocenters. The molecule has 2 nitrogen and oxygen atoms in total. The van der Waals surface area contributed by atoms with E-state index < -0.39 is 23.6 Å². The quantitative estimate of drug-likeness (QED) is 0.768. The van der Waals surface area contributed by atoms with Crippen LogP contribution >= 0.6 is 15.9 Å². The minimum atomic E-state index is -1.22. The summed E-state index contributed by atoms with van der Waals surface area (Å²) in [6, 6.07) is 6.29. The Labute approximate surface area is 127 Å². The van der Waals surface area contributed by atoms with Crippen molar-refractivity contribution in [1.82, 2.24) is 0 Å². The second-order valence-corrected chi connectivity index (χ2v) is 5.83. The Morgan fingerprint density at radius 3 is 2.48 bits per heavy atom. The molecule has 0 saturated heterocycles. The van der Waals surface area contributed by atoms with Crippen LogP contribution in [0.2, 0.25) is 0 Å². The van der Waals surface area contributed by atoms with Gasteiger partial charge in [0.15, 0.2) is 11.6 Å². The predicted molar refractivity (Wildman–Crippen MR) is 75.4 cm³/mol. The average molecular weight is 358 g/mol. The van der Waals surface area contributed by atoms with Crippen LogP contribution in [0.3, 0.4) is 0 Å². The summed E-state index contributed by atoms with van der Waals surface area (Å²) in [5.74, 6) is -2.65. The number of nitrogens with two attached hydrogens (primary N) is 1. The Balaban J connectivity index is 1.99. The number of fused-ring (bicyclic) bond motifs is 1. The largest absolute Gasteiger partial charge is 0.485 e. The first-order valence-corrected chi connectivity index (χ1v) is 7.11. The number of hydrogen-bond donors (Lipinski definition) is 1. The van der Waals surface area contributed by atoms with Crippen molar-refractivity contribution in [3.63, 3.8) is 0 Å². The van der Waals surface area contributed by atoms with Crippen LogP contribution in [0.15, 0.2) is 34.8 Å². The summed E-state index contributed by atoms with van der Waals surface area (Å²) in [5.41, 5.74) is 6.84. The number of halogens is 4. The molecule has 2 aromatic rings. The normalized spacial score (nSPS) is 20.8. The molecule has 0 fully saturated rings. The molecule has 0 radical (unpaired) electrons. The van der Waals surface area contributed by atoms with E-state index in [1.54, 1.807) is 12.1 Å². The summed E-state index contributed by atoms with van der Waals surface area (Å²) in [6.07, 6.45) is -0.463. The van der Waals surface area contributed by atoms with E-state index in [2.05, 4.69) is 15.9 Å². The molecular weight excluding hydrogens is 347 g/mol. The van der Waals surface area contributed by atoms with Gasteiger partial charge in [-0.15, -0.1) is 0 Å². The third-order valence-corrected chi connectivity index (χ3v) is 3.99. The molecule has 21 heavy (non-hydrogen) atoms. The Morgan fingerprint density at radius 2 is 1.71 bits per heavy atom. The number of rotatable bonds is 1. The van der Waals surface area contributed by atoms with E-state index in [9.17, 15) is 13.2 Å². The second kappa shape index (κ2) is 5.35. The van der Waals surface area contributed by atoms with Crippen LogP contribution < -0.4 is 10.5 Å². The smallest absolute Gasteiger partial charge is 0.161 e. The lowest BCUT2D eigenvalue weighted by molar-refractivity contribution is 0.156. The van der Waals surface area contributed by atoms with E-state index in [0.717, 1.165) is 16.1 Å². The number of hydrogen-bond acceptors (Lipinski definition) is 2. The summed E-state index contributed by atoms with van der Waals surface area (Å²) < 4.78 is 46.7. The highest BCUT2D eigenvalue weighted by Crippen LogP contribution is 2.41. The monoisotopic (exact) mass is 357 g/mol. The fourth-order valence-electron chi connectivity index (χ4n) is 2.45. The molecule has 2 unspecified atom stereocenters. The maximum absolute atomic E-state index is 13.8. The molecule has 0 aliphatic carbocycles. The van der Waals surface area contributed by atoms with Crippen molar-refractivity contribution in [3.05, 3.63) is 63.4 Å². The Hall–Kier alpha value is -1.53. The first-order valence-electron chi connectivity index (χ1n) is 6.32. The summed E-state index contributed by atoms with van der Waals surface area (Å²) in [4.78, 5) is 0. The Kier molecular flexibility index (Phi) is 3.67. The van der Waals surface area contributed by atoms with Gasteiger partial charge >= 0.3 is 0 Å². The molecule has 0 spiro atoms. The number of benzene rings is 2. The third-order valence-electron chi connectivity index (χ3n) is 3.50. The van der Waals surface area contributed by atoms with E-state index in [1.807, 2.05) is 6.07 Å². The second-order valence-electron chi connectivity index (χ2n) is 4.92. The first kappa shape index (κ1) is 14.4. The van der Waals surface area contributed by atoms with Gasteiger partial charge in [-0.05, 0) is 24.3 Å². The molecule has 1 heterocycles. The van der Waals surface area contributed by atoms with Crippen LogP contribution in [0.5, 0.6) is 5.75 Å². The lowest BCUT2D eigenvalue weighted by atomic mass is 9.93. The molecule has 2 aromatic carbocycles. The van der Waals surface area contributed by atoms with Crippen molar-refractivity contribution in [1.29, 1.82) is 0 Å². The molecule has 110 valence electrons. The van der Waals surface area contributed by atoms with E-state index >= 15 is 0 Å². The van der Waals surface area contributed by atoms with Crippen LogP contribution in [-0.4, -0.2) is 0 Å². The van der Waals surface area contributed by atoms with Gasteiger partial charge in [0.2, 0.25) is 0 Å². The van der Waals surface area contributed by atoms with Crippen LogP contribution in [0.1, 0.15) is 29.7 Å². The zero-order valence-electron chi connectivity index (χ0n) is 10.7.